The van der Waals surface area contributed by atoms with Crippen LogP contribution in [0.2, 0.25) is 0 Å². The minimum Gasteiger partial charge on any atom is -0.340 e. The van der Waals surface area contributed by atoms with E-state index in [-0.39, 0.29) is 38.3 Å². The molecule has 2 aliphatic heterocycles. The highest BCUT2D eigenvalue weighted by molar-refractivity contribution is 7.89. The highest BCUT2D eigenvalue weighted by atomic mass is 32.2. The second-order valence-corrected chi connectivity index (χ2v) is 9.73. The molecule has 176 valence electrons. The number of alkyl halides is 3. The number of rotatable bonds is 3. The third-order valence-electron chi connectivity index (χ3n) is 5.70. The largest absolute Gasteiger partial charge is 0.416 e. The number of fused-ring (bicyclic) bond motifs is 1. The fourth-order valence-corrected chi connectivity index (χ4v) is 5.48. The lowest BCUT2D eigenvalue weighted by molar-refractivity contribution is -0.138. The lowest BCUT2D eigenvalue weighted by Crippen LogP contribution is -2.52. The Labute approximate surface area is 187 Å². The van der Waals surface area contributed by atoms with E-state index in [0.29, 0.717) is 11.6 Å². The number of hydrogen-bond acceptors (Lipinski definition) is 4. The Kier molecular flexibility index (Phi) is 5.91. The SMILES string of the molecule is O=C1CC(C(=O)N2CCN(S(=O)(=O)c3cccc(C(F)(F)F)c3)CC2)c2ccc(F)cc2N1. The number of benzene rings is 2. The van der Waals surface area contributed by atoms with Gasteiger partial charge in [-0.15, -0.1) is 0 Å². The second-order valence-electron chi connectivity index (χ2n) is 7.79. The fourth-order valence-electron chi connectivity index (χ4n) is 4.01. The van der Waals surface area contributed by atoms with Crippen LogP contribution in [0.1, 0.15) is 23.5 Å². The fraction of sp³-hybridized carbons (Fsp3) is 0.333. The Morgan fingerprint density at radius 3 is 2.39 bits per heavy atom. The molecule has 33 heavy (non-hydrogen) atoms. The topological polar surface area (TPSA) is 86.8 Å². The molecular weight excluding hydrogens is 466 g/mol. The molecule has 2 heterocycles. The van der Waals surface area contributed by atoms with Crippen molar-refractivity contribution in [1.82, 2.24) is 9.21 Å². The van der Waals surface area contributed by atoms with Gasteiger partial charge in [0.2, 0.25) is 21.8 Å². The summed E-state index contributed by atoms with van der Waals surface area (Å²) < 4.78 is 79.2. The first kappa shape index (κ1) is 23.2. The first-order chi connectivity index (χ1) is 15.5. The molecule has 2 aromatic carbocycles. The van der Waals surface area contributed by atoms with Crippen molar-refractivity contribution in [3.63, 3.8) is 0 Å². The Bertz CT molecular complexity index is 1210. The summed E-state index contributed by atoms with van der Waals surface area (Å²) in [5.74, 6) is -2.22. The number of hydrogen-bond donors (Lipinski definition) is 1. The van der Waals surface area contributed by atoms with E-state index in [9.17, 15) is 35.6 Å². The summed E-state index contributed by atoms with van der Waals surface area (Å²) in [6.07, 6.45) is -4.80. The van der Waals surface area contributed by atoms with Crippen LogP contribution in [0.15, 0.2) is 47.4 Å². The van der Waals surface area contributed by atoms with Gasteiger partial charge in [0, 0.05) is 38.3 Å². The Morgan fingerprint density at radius 1 is 1.03 bits per heavy atom. The molecule has 0 aromatic heterocycles. The Hall–Kier alpha value is -2.99. The highest BCUT2D eigenvalue weighted by Crippen LogP contribution is 2.35. The van der Waals surface area contributed by atoms with Crippen LogP contribution >= 0.6 is 0 Å². The molecule has 1 saturated heterocycles. The molecule has 0 radical (unpaired) electrons. The molecule has 0 aliphatic carbocycles. The zero-order valence-electron chi connectivity index (χ0n) is 17.1. The third kappa shape index (κ3) is 4.58. The first-order valence-corrected chi connectivity index (χ1v) is 11.5. The molecule has 2 aliphatic rings. The van der Waals surface area contributed by atoms with Crippen LogP contribution in [0.4, 0.5) is 23.2 Å². The van der Waals surface area contributed by atoms with Gasteiger partial charge in [-0.05, 0) is 35.9 Å². The standard InChI is InChI=1S/C21H19F4N3O4S/c22-14-4-5-16-17(12-19(29)26-18(16)11-14)20(30)27-6-8-28(9-7-27)33(31,32)15-3-1-2-13(10-15)21(23,24)25/h1-5,10-11,17H,6-9,12H2,(H,26,29). The van der Waals surface area contributed by atoms with E-state index >= 15 is 0 Å². The van der Waals surface area contributed by atoms with Gasteiger partial charge in [-0.25, -0.2) is 12.8 Å². The summed E-state index contributed by atoms with van der Waals surface area (Å²) >= 11 is 0. The van der Waals surface area contributed by atoms with Gasteiger partial charge in [-0.3, -0.25) is 9.59 Å². The van der Waals surface area contributed by atoms with Crippen molar-refractivity contribution in [2.75, 3.05) is 31.5 Å². The van der Waals surface area contributed by atoms with Crippen molar-refractivity contribution in [3.8, 4) is 0 Å². The molecule has 1 atom stereocenters. The van der Waals surface area contributed by atoms with Crippen molar-refractivity contribution in [1.29, 1.82) is 0 Å². The maximum absolute atomic E-state index is 13.5. The number of sulfonamides is 1. The Balaban J connectivity index is 1.48. The van der Waals surface area contributed by atoms with Crippen LogP contribution in [0.3, 0.4) is 0 Å². The zero-order valence-corrected chi connectivity index (χ0v) is 17.9. The molecule has 2 aromatic rings. The van der Waals surface area contributed by atoms with Crippen molar-refractivity contribution < 1.29 is 35.6 Å². The van der Waals surface area contributed by atoms with Crippen molar-refractivity contribution in [3.05, 3.63) is 59.4 Å². The lowest BCUT2D eigenvalue weighted by atomic mass is 9.89. The summed E-state index contributed by atoms with van der Waals surface area (Å²) in [5.41, 5.74) is -0.376. The van der Waals surface area contributed by atoms with E-state index < -0.39 is 50.2 Å². The molecule has 12 heteroatoms. The normalized spacial score (nSPS) is 19.7. The number of piperazine rings is 1. The second kappa shape index (κ2) is 8.41. The predicted molar refractivity (Wildman–Crippen MR) is 109 cm³/mol. The summed E-state index contributed by atoms with van der Waals surface area (Å²) in [5, 5.41) is 2.53. The first-order valence-electron chi connectivity index (χ1n) is 10.0. The van der Waals surface area contributed by atoms with Crippen LogP contribution < -0.4 is 5.32 Å². The number of halogens is 4. The van der Waals surface area contributed by atoms with Crippen LogP contribution in [0.5, 0.6) is 0 Å². The van der Waals surface area contributed by atoms with Gasteiger partial charge in [-0.2, -0.15) is 17.5 Å². The van der Waals surface area contributed by atoms with E-state index in [1.165, 1.54) is 17.0 Å². The van der Waals surface area contributed by atoms with Gasteiger partial charge in [-0.1, -0.05) is 12.1 Å². The maximum atomic E-state index is 13.5. The quantitative estimate of drug-likeness (QED) is 0.678. The lowest BCUT2D eigenvalue weighted by Gasteiger charge is -2.37. The van der Waals surface area contributed by atoms with Crippen LogP contribution in [0, 0.1) is 5.82 Å². The van der Waals surface area contributed by atoms with E-state index in [1.807, 2.05) is 0 Å². The molecule has 7 nitrogen and oxygen atoms in total. The number of carbonyl (C=O) groups excluding carboxylic acids is 2. The van der Waals surface area contributed by atoms with Crippen molar-refractivity contribution in [2.45, 2.75) is 23.4 Å². The summed E-state index contributed by atoms with van der Waals surface area (Å²) in [4.78, 5) is 26.0. The summed E-state index contributed by atoms with van der Waals surface area (Å²) in [6, 6.07) is 7.26. The molecule has 4 rings (SSSR count). The van der Waals surface area contributed by atoms with Gasteiger partial charge in [0.05, 0.1) is 16.4 Å². The van der Waals surface area contributed by atoms with Gasteiger partial charge in [0.15, 0.2) is 0 Å². The molecule has 0 bridgehead atoms. The molecule has 0 spiro atoms. The number of nitrogens with one attached hydrogen (secondary N) is 1. The molecule has 1 N–H and O–H groups in total. The van der Waals surface area contributed by atoms with Crippen LogP contribution in [-0.4, -0.2) is 55.6 Å². The van der Waals surface area contributed by atoms with Crippen LogP contribution in [0.25, 0.3) is 0 Å². The molecule has 1 unspecified atom stereocenters. The van der Waals surface area contributed by atoms with E-state index in [0.717, 1.165) is 28.6 Å². The minimum absolute atomic E-state index is 0.00563. The number of anilines is 1. The summed E-state index contributed by atoms with van der Waals surface area (Å²) in [7, 11) is -4.19. The average molecular weight is 485 g/mol. The number of amides is 2. The van der Waals surface area contributed by atoms with Gasteiger partial charge in [0.25, 0.3) is 0 Å². The highest BCUT2D eigenvalue weighted by Gasteiger charge is 2.37. The smallest absolute Gasteiger partial charge is 0.340 e. The van der Waals surface area contributed by atoms with E-state index in [4.69, 9.17) is 0 Å². The molecule has 2 amide bonds. The Morgan fingerprint density at radius 2 is 1.73 bits per heavy atom. The third-order valence-corrected chi connectivity index (χ3v) is 7.60. The minimum atomic E-state index is -4.68. The van der Waals surface area contributed by atoms with Crippen molar-refractivity contribution in [2.24, 2.45) is 0 Å². The van der Waals surface area contributed by atoms with E-state index in [1.54, 1.807) is 0 Å². The van der Waals surface area contributed by atoms with Gasteiger partial charge in [0.1, 0.15) is 5.82 Å². The van der Waals surface area contributed by atoms with E-state index in [2.05, 4.69) is 5.32 Å². The molecule has 1 fully saturated rings. The zero-order chi connectivity index (χ0) is 24.0. The number of carbonyl (C=O) groups is 2. The average Bonchev–Trinajstić information content (AvgIpc) is 2.77. The van der Waals surface area contributed by atoms with Crippen LogP contribution in [-0.2, 0) is 25.8 Å². The monoisotopic (exact) mass is 485 g/mol. The number of nitrogens with zero attached hydrogens (tertiary/aromatic N) is 2. The summed E-state index contributed by atoms with van der Waals surface area (Å²) in [6.45, 7) is -0.212. The van der Waals surface area contributed by atoms with Gasteiger partial charge < -0.3 is 10.2 Å². The van der Waals surface area contributed by atoms with Gasteiger partial charge >= 0.3 is 6.18 Å². The maximum Gasteiger partial charge on any atom is 0.416 e. The van der Waals surface area contributed by atoms with Crippen molar-refractivity contribution >= 4 is 27.5 Å². The molecule has 0 saturated carbocycles. The predicted octanol–water partition coefficient (Wildman–Crippen LogP) is 2.80. The molecular formula is C21H19F4N3O4S.